The number of rotatable bonds is 42. The molecule has 0 aliphatic rings. The number of carbonyl (C=O) groups excluding carboxylic acids is 3. The van der Waals surface area contributed by atoms with Crippen LogP contribution >= 0.6 is 0 Å². The maximum Gasteiger partial charge on any atom is 0.306 e. The summed E-state index contributed by atoms with van der Waals surface area (Å²) < 4.78 is 16.7. The van der Waals surface area contributed by atoms with Crippen LogP contribution in [0.3, 0.4) is 0 Å². The fraction of sp³-hybridized carbons (Fsp3) is 0.679. The molecule has 0 saturated carbocycles. The van der Waals surface area contributed by atoms with E-state index < -0.39 is 6.10 Å². The highest BCUT2D eigenvalue weighted by atomic mass is 16.6. The highest BCUT2D eigenvalue weighted by molar-refractivity contribution is 5.71. The lowest BCUT2D eigenvalue weighted by Gasteiger charge is -2.18. The van der Waals surface area contributed by atoms with E-state index in [4.69, 9.17) is 14.2 Å². The molecule has 59 heavy (non-hydrogen) atoms. The van der Waals surface area contributed by atoms with Crippen molar-refractivity contribution in [3.63, 3.8) is 0 Å². The summed E-state index contributed by atoms with van der Waals surface area (Å²) in [6.07, 6.45) is 59.9. The number of allylic oxidation sites excluding steroid dienone is 14. The second kappa shape index (κ2) is 47.3. The molecule has 0 saturated heterocycles. The zero-order valence-electron chi connectivity index (χ0n) is 38.2. The van der Waals surface area contributed by atoms with Gasteiger partial charge in [-0.25, -0.2) is 0 Å². The van der Waals surface area contributed by atoms with Crippen molar-refractivity contribution in [2.24, 2.45) is 0 Å². The van der Waals surface area contributed by atoms with Crippen molar-refractivity contribution < 1.29 is 28.6 Å². The molecule has 0 spiro atoms. The van der Waals surface area contributed by atoms with Gasteiger partial charge in [-0.15, -0.1) is 0 Å². The van der Waals surface area contributed by atoms with Gasteiger partial charge < -0.3 is 14.2 Å². The number of esters is 3. The lowest BCUT2D eigenvalue weighted by atomic mass is 10.1. The predicted molar refractivity (Wildman–Crippen MR) is 251 cm³/mol. The smallest absolute Gasteiger partial charge is 0.306 e. The highest BCUT2D eigenvalue weighted by Crippen LogP contribution is 2.12. The van der Waals surface area contributed by atoms with Crippen molar-refractivity contribution in [1.29, 1.82) is 0 Å². The van der Waals surface area contributed by atoms with E-state index in [0.717, 1.165) is 122 Å². The minimum Gasteiger partial charge on any atom is -0.462 e. The van der Waals surface area contributed by atoms with Gasteiger partial charge in [0.05, 0.1) is 0 Å². The van der Waals surface area contributed by atoms with E-state index in [1.54, 1.807) is 0 Å². The summed E-state index contributed by atoms with van der Waals surface area (Å²) in [5.74, 6) is -0.973. The average molecular weight is 821 g/mol. The molecular weight excluding hydrogens is 733 g/mol. The van der Waals surface area contributed by atoms with Gasteiger partial charge in [0.25, 0.3) is 0 Å². The summed E-state index contributed by atoms with van der Waals surface area (Å²) in [6.45, 7) is 6.38. The molecule has 1 atom stereocenters. The van der Waals surface area contributed by atoms with E-state index in [-0.39, 0.29) is 31.1 Å². The SMILES string of the molecule is CC/C=C\C/C=C\C/C=C\C/C=C\CCCCC(=O)OC[C@H](COC(=O)CCCCCCC/C=C\CCCC)OC(=O)CCCCCCC/C=C\C/C=C\CCCCC. The Morgan fingerprint density at radius 1 is 0.356 bits per heavy atom. The van der Waals surface area contributed by atoms with Crippen LogP contribution in [0.25, 0.3) is 0 Å². The second-order valence-corrected chi connectivity index (χ2v) is 15.6. The van der Waals surface area contributed by atoms with Crippen LogP contribution in [0.5, 0.6) is 0 Å². The van der Waals surface area contributed by atoms with E-state index in [2.05, 4.69) is 106 Å². The van der Waals surface area contributed by atoms with Gasteiger partial charge in [0, 0.05) is 19.3 Å². The van der Waals surface area contributed by atoms with E-state index in [1.165, 1.54) is 51.4 Å². The van der Waals surface area contributed by atoms with Crippen molar-refractivity contribution in [3.8, 4) is 0 Å². The van der Waals surface area contributed by atoms with Gasteiger partial charge in [-0.05, 0) is 109 Å². The summed E-state index contributed by atoms with van der Waals surface area (Å²) >= 11 is 0. The van der Waals surface area contributed by atoms with Crippen LogP contribution in [0.4, 0.5) is 0 Å². The topological polar surface area (TPSA) is 78.9 Å². The van der Waals surface area contributed by atoms with Crippen LogP contribution in [0, 0.1) is 0 Å². The molecule has 0 aromatic heterocycles. The minimum atomic E-state index is -0.803. The lowest BCUT2D eigenvalue weighted by Crippen LogP contribution is -2.30. The molecule has 0 aliphatic heterocycles. The third-order valence-corrected chi connectivity index (χ3v) is 9.85. The summed E-state index contributed by atoms with van der Waals surface area (Å²) in [5.41, 5.74) is 0. The largest absolute Gasteiger partial charge is 0.462 e. The Morgan fingerprint density at radius 3 is 1.14 bits per heavy atom. The van der Waals surface area contributed by atoms with E-state index in [9.17, 15) is 14.4 Å². The number of hydrogen-bond acceptors (Lipinski definition) is 6. The van der Waals surface area contributed by atoms with Crippen LogP contribution in [0.1, 0.15) is 213 Å². The third kappa shape index (κ3) is 45.5. The Morgan fingerprint density at radius 2 is 0.678 bits per heavy atom. The number of unbranched alkanes of at least 4 members (excludes halogenated alkanes) is 17. The van der Waals surface area contributed by atoms with Gasteiger partial charge in [-0.2, -0.15) is 0 Å². The van der Waals surface area contributed by atoms with Crippen molar-refractivity contribution >= 4 is 17.9 Å². The number of carbonyl (C=O) groups is 3. The first kappa shape index (κ1) is 55.6. The molecule has 0 N–H and O–H groups in total. The first-order valence-corrected chi connectivity index (χ1v) is 24.1. The van der Waals surface area contributed by atoms with Crippen LogP contribution in [0.15, 0.2) is 85.1 Å². The van der Waals surface area contributed by atoms with Gasteiger partial charge in [-0.1, -0.05) is 170 Å². The quantitative estimate of drug-likeness (QED) is 0.0264. The van der Waals surface area contributed by atoms with E-state index >= 15 is 0 Å². The molecule has 0 radical (unpaired) electrons. The van der Waals surface area contributed by atoms with Gasteiger partial charge >= 0.3 is 17.9 Å². The Bertz CT molecular complexity index is 1170. The molecule has 0 aromatic carbocycles. The molecule has 0 heterocycles. The fourth-order valence-corrected chi connectivity index (χ4v) is 6.21. The molecule has 0 aliphatic carbocycles. The van der Waals surface area contributed by atoms with Crippen LogP contribution in [0.2, 0.25) is 0 Å². The monoisotopic (exact) mass is 821 g/mol. The Hall–Kier alpha value is -3.41. The average Bonchev–Trinajstić information content (AvgIpc) is 3.23. The van der Waals surface area contributed by atoms with E-state index in [1.807, 2.05) is 0 Å². The first-order chi connectivity index (χ1) is 29.0. The maximum atomic E-state index is 12.8. The third-order valence-electron chi connectivity index (χ3n) is 9.85. The Kier molecular flexibility index (Phi) is 44.5. The summed E-state index contributed by atoms with van der Waals surface area (Å²) in [4.78, 5) is 37.8. The van der Waals surface area contributed by atoms with Crippen LogP contribution in [-0.4, -0.2) is 37.2 Å². The molecule has 0 amide bonds. The molecular formula is C53H88O6. The van der Waals surface area contributed by atoms with Crippen molar-refractivity contribution in [2.45, 2.75) is 219 Å². The van der Waals surface area contributed by atoms with Crippen molar-refractivity contribution in [2.75, 3.05) is 13.2 Å². The molecule has 0 unspecified atom stereocenters. The highest BCUT2D eigenvalue weighted by Gasteiger charge is 2.19. The standard InChI is InChI=1S/C53H88O6/c1-4-7-10-13-16-19-22-24-26-28-31-34-37-40-43-46-52(55)58-49-50(48-57-51(54)45-42-39-36-33-30-21-18-15-12-9-6-3)59-53(56)47-44-41-38-35-32-29-27-25-23-20-17-14-11-8-5-2/h7,10,15-20,24-27,31,34,50H,4-6,8-9,11-14,21-23,28-30,32-33,35-49H2,1-3H3/b10-7-,18-15-,19-16-,20-17-,26-24-,27-25-,34-31-/t50-/m0/s1. The molecule has 6 nitrogen and oxygen atoms in total. The van der Waals surface area contributed by atoms with Gasteiger partial charge in [0.1, 0.15) is 13.2 Å². The first-order valence-electron chi connectivity index (χ1n) is 24.1. The zero-order valence-corrected chi connectivity index (χ0v) is 38.2. The fourth-order valence-electron chi connectivity index (χ4n) is 6.21. The summed E-state index contributed by atoms with van der Waals surface area (Å²) in [6, 6.07) is 0. The van der Waals surface area contributed by atoms with Crippen molar-refractivity contribution in [3.05, 3.63) is 85.1 Å². The summed E-state index contributed by atoms with van der Waals surface area (Å²) in [5, 5.41) is 0. The molecule has 0 bridgehead atoms. The zero-order chi connectivity index (χ0) is 43.0. The Labute approximate surface area is 363 Å². The normalized spacial score (nSPS) is 12.8. The van der Waals surface area contributed by atoms with Gasteiger partial charge in [0.2, 0.25) is 0 Å². The van der Waals surface area contributed by atoms with Gasteiger partial charge in [-0.3, -0.25) is 14.4 Å². The molecule has 0 aromatic rings. The predicted octanol–water partition coefficient (Wildman–Crippen LogP) is 15.6. The molecule has 336 valence electrons. The summed E-state index contributed by atoms with van der Waals surface area (Å²) in [7, 11) is 0. The Balaban J connectivity index is 4.49. The van der Waals surface area contributed by atoms with Crippen LogP contribution < -0.4 is 0 Å². The van der Waals surface area contributed by atoms with Crippen LogP contribution in [-0.2, 0) is 28.6 Å². The molecule has 0 rings (SSSR count). The van der Waals surface area contributed by atoms with Crippen molar-refractivity contribution in [1.82, 2.24) is 0 Å². The lowest BCUT2D eigenvalue weighted by molar-refractivity contribution is -0.167. The van der Waals surface area contributed by atoms with E-state index in [0.29, 0.717) is 19.3 Å². The number of ether oxygens (including phenoxy) is 3. The molecule has 6 heteroatoms. The van der Waals surface area contributed by atoms with Gasteiger partial charge in [0.15, 0.2) is 6.10 Å². The number of hydrogen-bond donors (Lipinski definition) is 0. The maximum absolute atomic E-state index is 12.8. The molecule has 0 fully saturated rings. The minimum absolute atomic E-state index is 0.101. The second-order valence-electron chi connectivity index (χ2n) is 15.6.